The summed E-state index contributed by atoms with van der Waals surface area (Å²) in [5.41, 5.74) is -0.724. The van der Waals surface area contributed by atoms with Crippen LogP contribution < -0.4 is 4.90 Å². The molecule has 3 aromatic rings. The van der Waals surface area contributed by atoms with E-state index < -0.39 is 29.6 Å². The number of aryl methyl sites for hydroxylation is 1. The summed E-state index contributed by atoms with van der Waals surface area (Å²) < 4.78 is 56.5. The molecule has 1 atom stereocenters. The molecule has 0 aliphatic carbocycles. The van der Waals surface area contributed by atoms with Gasteiger partial charge in [0, 0.05) is 23.4 Å². The summed E-state index contributed by atoms with van der Waals surface area (Å²) >= 11 is 0. The highest BCUT2D eigenvalue weighted by molar-refractivity contribution is 6.08. The van der Waals surface area contributed by atoms with E-state index in [9.17, 15) is 22.4 Å². The maximum Gasteiger partial charge on any atom is 0.435 e. The molecule has 0 fully saturated rings. The van der Waals surface area contributed by atoms with Crippen molar-refractivity contribution in [2.45, 2.75) is 31.0 Å². The molecule has 4 nitrogen and oxygen atoms in total. The molecule has 0 saturated heterocycles. The number of fused-ring (bicyclic) bond motifs is 1. The number of anilines is 1. The van der Waals surface area contributed by atoms with Crippen LogP contribution in [0.2, 0.25) is 0 Å². The van der Waals surface area contributed by atoms with Gasteiger partial charge in [0.1, 0.15) is 5.82 Å². The molecule has 0 saturated carbocycles. The van der Waals surface area contributed by atoms with Gasteiger partial charge in [-0.25, -0.2) is 4.39 Å². The van der Waals surface area contributed by atoms with Crippen LogP contribution in [-0.4, -0.2) is 24.3 Å². The lowest BCUT2D eigenvalue weighted by molar-refractivity contribution is -0.276. The van der Waals surface area contributed by atoms with Gasteiger partial charge in [0.05, 0.1) is 12.1 Å². The highest BCUT2D eigenvalue weighted by Gasteiger charge is 2.63. The summed E-state index contributed by atoms with van der Waals surface area (Å²) in [4.78, 5) is 19.8. The maximum atomic E-state index is 14.3. The molecule has 1 unspecified atom stereocenters. The summed E-state index contributed by atoms with van der Waals surface area (Å²) in [5, 5.41) is 3.67. The number of carbonyl (C=O) groups excluding carboxylic acids is 1. The van der Waals surface area contributed by atoms with E-state index in [4.69, 9.17) is 4.84 Å². The number of para-hydroxylation sites is 1. The van der Waals surface area contributed by atoms with Crippen molar-refractivity contribution < 1.29 is 27.2 Å². The smallest absolute Gasteiger partial charge is 0.374 e. The molecule has 0 bridgehead atoms. The first-order chi connectivity index (χ1) is 16.3. The second-order valence-corrected chi connectivity index (χ2v) is 8.38. The number of rotatable bonds is 3. The third kappa shape index (κ3) is 3.63. The molecule has 2 aliphatic rings. The van der Waals surface area contributed by atoms with Gasteiger partial charge in [0.15, 0.2) is 0 Å². The van der Waals surface area contributed by atoms with E-state index in [2.05, 4.69) is 5.16 Å². The molecule has 34 heavy (non-hydrogen) atoms. The van der Waals surface area contributed by atoms with Crippen LogP contribution in [0, 0.1) is 5.82 Å². The minimum atomic E-state index is -4.89. The number of oxime groups is 1. The van der Waals surface area contributed by atoms with Crippen LogP contribution in [0.1, 0.15) is 39.9 Å². The SMILES string of the molecule is O=C(c1ccc(C2=NOC(c3ccccc3F)(C(F)(F)F)C2)cc1)N1CCCc2ccccc21. The minimum Gasteiger partial charge on any atom is -0.374 e. The molecule has 0 aromatic heterocycles. The van der Waals surface area contributed by atoms with Gasteiger partial charge in [-0.1, -0.05) is 53.7 Å². The zero-order valence-electron chi connectivity index (χ0n) is 18.0. The Labute approximate surface area is 193 Å². The topological polar surface area (TPSA) is 41.9 Å². The van der Waals surface area contributed by atoms with E-state index in [1.165, 1.54) is 12.1 Å². The van der Waals surface area contributed by atoms with Gasteiger partial charge in [-0.05, 0) is 48.2 Å². The summed E-state index contributed by atoms with van der Waals surface area (Å²) in [6.45, 7) is 0.592. The number of benzene rings is 3. The van der Waals surface area contributed by atoms with E-state index in [1.807, 2.05) is 24.3 Å². The average molecular weight is 468 g/mol. The summed E-state index contributed by atoms with van der Waals surface area (Å²) in [5.74, 6) is -1.20. The standard InChI is InChI=1S/C26H20F4N2O2/c27-21-9-3-2-8-20(21)25(26(28,29)30)16-22(31-34-25)17-11-13-19(14-12-17)24(33)32-15-5-7-18-6-1-4-10-23(18)32/h1-4,6,8-14H,5,7,15-16H2. The Morgan fingerprint density at radius 3 is 2.41 bits per heavy atom. The first-order valence-corrected chi connectivity index (χ1v) is 10.9. The van der Waals surface area contributed by atoms with Crippen LogP contribution in [-0.2, 0) is 16.9 Å². The van der Waals surface area contributed by atoms with E-state index in [1.54, 1.807) is 29.2 Å². The Kier molecular flexibility index (Phi) is 5.38. The lowest BCUT2D eigenvalue weighted by atomic mass is 9.86. The maximum absolute atomic E-state index is 14.3. The van der Waals surface area contributed by atoms with Crippen LogP contribution in [0.25, 0.3) is 0 Å². The van der Waals surface area contributed by atoms with E-state index in [-0.39, 0.29) is 11.6 Å². The molecule has 2 aliphatic heterocycles. The molecular weight excluding hydrogens is 448 g/mol. The van der Waals surface area contributed by atoms with Crippen molar-refractivity contribution in [3.63, 3.8) is 0 Å². The van der Waals surface area contributed by atoms with Crippen molar-refractivity contribution in [1.82, 2.24) is 0 Å². The quantitative estimate of drug-likeness (QED) is 0.443. The third-order valence-corrected chi connectivity index (χ3v) is 6.32. The number of amides is 1. The first-order valence-electron chi connectivity index (χ1n) is 10.9. The molecule has 0 N–H and O–H groups in total. The molecule has 2 heterocycles. The molecule has 0 radical (unpaired) electrons. The molecule has 1 amide bonds. The first kappa shape index (κ1) is 22.1. The Bertz CT molecular complexity index is 1270. The summed E-state index contributed by atoms with van der Waals surface area (Å²) in [7, 11) is 0. The molecule has 3 aromatic carbocycles. The predicted octanol–water partition coefficient (Wildman–Crippen LogP) is 6.00. The summed E-state index contributed by atoms with van der Waals surface area (Å²) in [6.07, 6.45) is -3.81. The van der Waals surface area contributed by atoms with Crippen LogP contribution in [0.5, 0.6) is 0 Å². The van der Waals surface area contributed by atoms with Crippen molar-refractivity contribution in [1.29, 1.82) is 0 Å². The highest BCUT2D eigenvalue weighted by Crippen LogP contribution is 2.49. The van der Waals surface area contributed by atoms with Crippen molar-refractivity contribution in [3.8, 4) is 0 Å². The number of nitrogens with zero attached hydrogens (tertiary/aromatic N) is 2. The minimum absolute atomic E-state index is 0.0305. The Balaban J connectivity index is 1.40. The van der Waals surface area contributed by atoms with Gasteiger partial charge >= 0.3 is 6.18 Å². The Morgan fingerprint density at radius 2 is 1.68 bits per heavy atom. The fourth-order valence-electron chi connectivity index (χ4n) is 4.53. The van der Waals surface area contributed by atoms with Gasteiger partial charge in [0.25, 0.3) is 11.5 Å². The fraction of sp³-hybridized carbons (Fsp3) is 0.231. The number of halogens is 4. The molecule has 8 heteroatoms. The van der Waals surface area contributed by atoms with Crippen LogP contribution >= 0.6 is 0 Å². The molecule has 5 rings (SSSR count). The number of hydrogen-bond acceptors (Lipinski definition) is 3. The van der Waals surface area contributed by atoms with Crippen molar-refractivity contribution in [2.24, 2.45) is 5.16 Å². The largest absolute Gasteiger partial charge is 0.435 e. The number of hydrogen-bond donors (Lipinski definition) is 0. The molecule has 0 spiro atoms. The normalized spacial score (nSPS) is 19.9. The van der Waals surface area contributed by atoms with Gasteiger partial charge in [-0.3, -0.25) is 4.79 Å². The van der Waals surface area contributed by atoms with Crippen LogP contribution in [0.3, 0.4) is 0 Å². The van der Waals surface area contributed by atoms with E-state index in [0.717, 1.165) is 36.2 Å². The van der Waals surface area contributed by atoms with Gasteiger partial charge in [-0.15, -0.1) is 0 Å². The number of carbonyl (C=O) groups is 1. The monoisotopic (exact) mass is 468 g/mol. The third-order valence-electron chi connectivity index (χ3n) is 6.32. The van der Waals surface area contributed by atoms with Crippen molar-refractivity contribution >= 4 is 17.3 Å². The lowest BCUT2D eigenvalue weighted by Gasteiger charge is -2.29. The second-order valence-electron chi connectivity index (χ2n) is 8.38. The molecular formula is C26H20F4N2O2. The molecule has 174 valence electrons. The second kappa shape index (κ2) is 8.27. The van der Waals surface area contributed by atoms with Gasteiger partial charge < -0.3 is 9.74 Å². The zero-order valence-corrected chi connectivity index (χ0v) is 18.0. The van der Waals surface area contributed by atoms with Gasteiger partial charge in [0.2, 0.25) is 0 Å². The number of alkyl halides is 3. The lowest BCUT2D eigenvalue weighted by Crippen LogP contribution is -2.43. The van der Waals surface area contributed by atoms with E-state index >= 15 is 0 Å². The van der Waals surface area contributed by atoms with Gasteiger partial charge in [-0.2, -0.15) is 13.2 Å². The van der Waals surface area contributed by atoms with E-state index in [0.29, 0.717) is 17.7 Å². The predicted molar refractivity (Wildman–Crippen MR) is 119 cm³/mol. The Hall–Kier alpha value is -3.68. The Morgan fingerprint density at radius 1 is 0.971 bits per heavy atom. The fourth-order valence-corrected chi connectivity index (χ4v) is 4.53. The average Bonchev–Trinajstić information content (AvgIpc) is 3.30. The highest BCUT2D eigenvalue weighted by atomic mass is 19.4. The van der Waals surface area contributed by atoms with Crippen LogP contribution in [0.4, 0.5) is 23.2 Å². The zero-order chi connectivity index (χ0) is 23.9. The van der Waals surface area contributed by atoms with Crippen molar-refractivity contribution in [3.05, 3.63) is 101 Å². The summed E-state index contributed by atoms with van der Waals surface area (Å²) in [6, 6.07) is 18.6. The van der Waals surface area contributed by atoms with Crippen molar-refractivity contribution in [2.75, 3.05) is 11.4 Å². The van der Waals surface area contributed by atoms with Crippen LogP contribution in [0.15, 0.2) is 78.0 Å².